The minimum absolute atomic E-state index is 0.0618. The van der Waals surface area contributed by atoms with Crippen molar-refractivity contribution in [2.45, 2.75) is 32.2 Å². The molecule has 0 unspecified atom stereocenters. The molecule has 0 aromatic heterocycles. The fraction of sp³-hybridized carbons (Fsp3) is 0.375. The maximum Gasteiger partial charge on any atom is 0.323 e. The first-order valence-corrected chi connectivity index (χ1v) is 6.98. The molecule has 1 aromatic rings. The van der Waals surface area contributed by atoms with Gasteiger partial charge in [0.1, 0.15) is 11.4 Å². The summed E-state index contributed by atoms with van der Waals surface area (Å²) in [4.78, 5) is 12.4. The fourth-order valence-electron chi connectivity index (χ4n) is 1.86. The van der Waals surface area contributed by atoms with Crippen LogP contribution in [0.25, 0.3) is 0 Å². The Morgan fingerprint density at radius 2 is 2.05 bits per heavy atom. The molecule has 0 bridgehead atoms. The molecule has 4 N–H and O–H groups in total. The van der Waals surface area contributed by atoms with Crippen molar-refractivity contribution in [3.8, 4) is 0 Å². The number of anilines is 1. The molecule has 0 aliphatic heterocycles. The van der Waals surface area contributed by atoms with Crippen molar-refractivity contribution >= 4 is 17.5 Å². The van der Waals surface area contributed by atoms with E-state index in [0.29, 0.717) is 0 Å². The molecule has 0 saturated carbocycles. The number of rotatable bonds is 7. The number of allylic oxidation sites excluding steroid dienone is 1. The minimum Gasteiger partial charge on any atom is -0.480 e. The first kappa shape index (κ1) is 17.8. The smallest absolute Gasteiger partial charge is 0.323 e. The molecule has 0 aliphatic carbocycles. The highest BCUT2D eigenvalue weighted by Crippen LogP contribution is 2.17. The van der Waals surface area contributed by atoms with Gasteiger partial charge in [0.15, 0.2) is 0 Å². The Bertz CT molecular complexity index is 556. The topological polar surface area (TPSA) is 90.4 Å². The summed E-state index contributed by atoms with van der Waals surface area (Å²) in [7, 11) is 0. The van der Waals surface area contributed by atoms with Gasteiger partial charge >= 0.3 is 5.97 Å². The second-order valence-corrected chi connectivity index (χ2v) is 5.42. The highest BCUT2D eigenvalue weighted by molar-refractivity contribution is 5.93. The van der Waals surface area contributed by atoms with Gasteiger partial charge in [0.25, 0.3) is 0 Å². The lowest BCUT2D eigenvalue weighted by Gasteiger charge is -2.22. The molecular formula is C16H22FN3O2. The number of aliphatic carboxylic acids is 1. The van der Waals surface area contributed by atoms with Crippen LogP contribution in [-0.2, 0) is 4.79 Å². The molecule has 1 aromatic carbocycles. The van der Waals surface area contributed by atoms with Gasteiger partial charge in [-0.05, 0) is 38.8 Å². The van der Waals surface area contributed by atoms with Crippen molar-refractivity contribution in [1.29, 1.82) is 5.41 Å². The lowest BCUT2D eigenvalue weighted by Crippen LogP contribution is -2.44. The number of carbonyl (C=O) groups is 1. The van der Waals surface area contributed by atoms with Crippen molar-refractivity contribution < 1.29 is 14.3 Å². The molecule has 120 valence electrons. The Balaban J connectivity index is 2.68. The van der Waals surface area contributed by atoms with Gasteiger partial charge in [0.2, 0.25) is 0 Å². The summed E-state index contributed by atoms with van der Waals surface area (Å²) in [6.07, 6.45) is 1.70. The van der Waals surface area contributed by atoms with Gasteiger partial charge < -0.3 is 15.7 Å². The van der Waals surface area contributed by atoms with E-state index in [0.717, 1.165) is 5.69 Å². The zero-order valence-corrected chi connectivity index (χ0v) is 12.8. The Morgan fingerprint density at radius 1 is 1.45 bits per heavy atom. The van der Waals surface area contributed by atoms with Crippen molar-refractivity contribution in [2.75, 3.05) is 11.4 Å². The van der Waals surface area contributed by atoms with Crippen LogP contribution in [0, 0.1) is 5.41 Å². The summed E-state index contributed by atoms with van der Waals surface area (Å²) < 4.78 is 14.0. The lowest BCUT2D eigenvalue weighted by molar-refractivity contribution is -0.142. The number of carboxylic acids is 1. The lowest BCUT2D eigenvalue weighted by atomic mass is 9.97. The van der Waals surface area contributed by atoms with Crippen LogP contribution < -0.4 is 10.6 Å². The summed E-state index contributed by atoms with van der Waals surface area (Å²) in [5.74, 6) is -1.30. The van der Waals surface area contributed by atoms with Gasteiger partial charge in [0.05, 0.1) is 12.4 Å². The van der Waals surface area contributed by atoms with Crippen molar-refractivity contribution in [3.05, 3.63) is 42.2 Å². The fourth-order valence-corrected chi connectivity index (χ4v) is 1.86. The number of carboxylic acid groups (broad SMARTS) is 1. The first-order chi connectivity index (χ1) is 10.2. The largest absolute Gasteiger partial charge is 0.480 e. The predicted octanol–water partition coefficient (Wildman–Crippen LogP) is 2.93. The van der Waals surface area contributed by atoms with E-state index in [4.69, 9.17) is 16.2 Å². The molecular weight excluding hydrogens is 285 g/mol. The molecule has 0 amide bonds. The Morgan fingerprint density at radius 3 is 2.55 bits per heavy atom. The third kappa shape index (κ3) is 5.29. The van der Waals surface area contributed by atoms with Crippen molar-refractivity contribution in [3.63, 3.8) is 0 Å². The van der Waals surface area contributed by atoms with Gasteiger partial charge in [-0.1, -0.05) is 24.3 Å². The second kappa shape index (κ2) is 7.70. The van der Waals surface area contributed by atoms with E-state index in [2.05, 4.69) is 0 Å². The molecule has 6 heteroatoms. The molecule has 0 aliphatic rings. The number of para-hydroxylation sites is 1. The molecule has 1 rings (SSSR count). The van der Waals surface area contributed by atoms with Gasteiger partial charge in [0, 0.05) is 5.69 Å². The molecule has 0 heterocycles. The van der Waals surface area contributed by atoms with Crippen LogP contribution in [0.2, 0.25) is 0 Å². The van der Waals surface area contributed by atoms with E-state index in [-0.39, 0.29) is 25.2 Å². The summed E-state index contributed by atoms with van der Waals surface area (Å²) >= 11 is 0. The molecule has 5 nitrogen and oxygen atoms in total. The Kier molecular flexibility index (Phi) is 6.24. The van der Waals surface area contributed by atoms with Crippen LogP contribution in [0.5, 0.6) is 0 Å². The van der Waals surface area contributed by atoms with E-state index in [1.165, 1.54) is 17.9 Å². The van der Waals surface area contributed by atoms with Crippen LogP contribution in [0.3, 0.4) is 0 Å². The van der Waals surface area contributed by atoms with Gasteiger partial charge in [-0.2, -0.15) is 0 Å². The number of amidine groups is 1. The van der Waals surface area contributed by atoms with E-state index >= 15 is 0 Å². The number of nitrogens with zero attached hydrogens (tertiary/aromatic N) is 1. The predicted molar refractivity (Wildman–Crippen MR) is 85.8 cm³/mol. The number of hydrogen-bond acceptors (Lipinski definition) is 3. The average Bonchev–Trinajstić information content (AvgIpc) is 2.45. The van der Waals surface area contributed by atoms with Crippen molar-refractivity contribution in [2.24, 2.45) is 5.73 Å². The monoisotopic (exact) mass is 307 g/mol. The van der Waals surface area contributed by atoms with Crippen LogP contribution >= 0.6 is 0 Å². The van der Waals surface area contributed by atoms with E-state index < -0.39 is 17.3 Å². The van der Waals surface area contributed by atoms with Crippen molar-refractivity contribution in [1.82, 2.24) is 0 Å². The number of halogens is 1. The number of benzene rings is 1. The average molecular weight is 307 g/mol. The number of nitrogens with one attached hydrogen (secondary N) is 1. The third-order valence-corrected chi connectivity index (χ3v) is 3.30. The summed E-state index contributed by atoms with van der Waals surface area (Å²) in [6, 6.07) is 9.08. The van der Waals surface area contributed by atoms with Crippen LogP contribution in [0.15, 0.2) is 42.2 Å². The van der Waals surface area contributed by atoms with Gasteiger partial charge in [-0.15, -0.1) is 0 Å². The summed E-state index contributed by atoms with van der Waals surface area (Å²) in [5.41, 5.74) is 4.95. The molecule has 0 radical (unpaired) electrons. The van der Waals surface area contributed by atoms with E-state index in [1.807, 2.05) is 18.2 Å². The molecule has 1 atom stereocenters. The molecule has 0 spiro atoms. The summed E-state index contributed by atoms with van der Waals surface area (Å²) in [5, 5.41) is 16.6. The van der Waals surface area contributed by atoms with Crippen LogP contribution in [0.4, 0.5) is 10.1 Å². The zero-order chi connectivity index (χ0) is 16.8. The maximum atomic E-state index is 14.0. The van der Waals surface area contributed by atoms with E-state index in [9.17, 15) is 9.18 Å². The molecule has 0 saturated heterocycles. The van der Waals surface area contributed by atoms with Crippen LogP contribution in [0.1, 0.15) is 26.7 Å². The first-order valence-electron chi connectivity index (χ1n) is 6.98. The molecule has 0 fully saturated rings. The third-order valence-electron chi connectivity index (χ3n) is 3.30. The maximum absolute atomic E-state index is 14.0. The zero-order valence-electron chi connectivity index (χ0n) is 12.8. The number of nitrogens with two attached hydrogens (primary N) is 1. The highest BCUT2D eigenvalue weighted by Gasteiger charge is 2.26. The molecule has 22 heavy (non-hydrogen) atoms. The Hall–Kier alpha value is -2.21. The summed E-state index contributed by atoms with van der Waals surface area (Å²) in [6.45, 7) is 2.93. The highest BCUT2D eigenvalue weighted by atomic mass is 19.1. The Labute approximate surface area is 129 Å². The SMILES string of the molecule is CC(=N)N(C/C(F)=C/CC[C@](C)(N)C(=O)O)c1ccccc1. The minimum atomic E-state index is -1.37. The van der Waals surface area contributed by atoms with E-state index in [1.54, 1.807) is 19.1 Å². The van der Waals surface area contributed by atoms with Crippen LogP contribution in [-0.4, -0.2) is 29.0 Å². The van der Waals surface area contributed by atoms with Gasteiger partial charge in [-0.25, -0.2) is 4.39 Å². The second-order valence-electron chi connectivity index (χ2n) is 5.42. The number of hydrogen-bond donors (Lipinski definition) is 3. The van der Waals surface area contributed by atoms with Gasteiger partial charge in [-0.3, -0.25) is 10.2 Å². The normalized spacial score (nSPS) is 14.3. The standard InChI is InChI=1S/C16H22FN3O2/c1-12(18)20(14-8-4-3-5-9-14)11-13(17)7-6-10-16(2,19)15(21)22/h3-5,7-9,18H,6,10-11,19H2,1-2H3,(H,21,22)/b13-7-,18-12?/t16-/m0/s1. The quantitative estimate of drug-likeness (QED) is 0.533.